The minimum atomic E-state index is 0.146. The number of amides is 1. The van der Waals surface area contributed by atoms with E-state index in [-0.39, 0.29) is 5.91 Å². The molecule has 1 saturated heterocycles. The number of guanidine groups is 1. The average molecular weight is 387 g/mol. The molecule has 28 heavy (non-hydrogen) atoms. The van der Waals surface area contributed by atoms with Crippen molar-refractivity contribution in [1.82, 2.24) is 15.5 Å². The largest absolute Gasteiger partial charge is 0.497 e. The van der Waals surface area contributed by atoms with Crippen LogP contribution in [0.5, 0.6) is 5.75 Å². The van der Waals surface area contributed by atoms with E-state index in [1.807, 2.05) is 19.2 Å². The second kappa shape index (κ2) is 10.3. The number of nitrogens with one attached hydrogen (secondary N) is 2. The van der Waals surface area contributed by atoms with Crippen molar-refractivity contribution >= 4 is 11.9 Å². The molecule has 2 aliphatic rings. The lowest BCUT2D eigenvalue weighted by Gasteiger charge is -2.24. The van der Waals surface area contributed by atoms with Crippen molar-refractivity contribution in [1.29, 1.82) is 0 Å². The fourth-order valence-electron chi connectivity index (χ4n) is 4.27. The molecule has 1 aromatic rings. The van der Waals surface area contributed by atoms with Crippen LogP contribution in [0.4, 0.5) is 0 Å². The quantitative estimate of drug-likeness (QED) is 0.583. The maximum atomic E-state index is 12.2. The molecular weight excluding hydrogens is 352 g/mol. The molecule has 2 N–H and O–H groups in total. The highest BCUT2D eigenvalue weighted by atomic mass is 16.5. The number of ether oxygens (including phenoxy) is 1. The molecular formula is C22H34N4O2. The Morgan fingerprint density at radius 1 is 1.18 bits per heavy atom. The van der Waals surface area contributed by atoms with Crippen LogP contribution in [0.3, 0.4) is 0 Å². The second-order valence-corrected chi connectivity index (χ2v) is 7.83. The molecule has 1 unspecified atom stereocenters. The molecule has 154 valence electrons. The molecule has 3 rings (SSSR count). The summed E-state index contributed by atoms with van der Waals surface area (Å²) in [5.41, 5.74) is 1.34. The molecule has 1 aliphatic heterocycles. The number of methoxy groups -OCH3 is 1. The Morgan fingerprint density at radius 3 is 2.61 bits per heavy atom. The Bertz CT molecular complexity index is 653. The van der Waals surface area contributed by atoms with Gasteiger partial charge in [0.1, 0.15) is 5.75 Å². The predicted octanol–water partition coefficient (Wildman–Crippen LogP) is 2.90. The fourth-order valence-corrected chi connectivity index (χ4v) is 4.27. The Hall–Kier alpha value is -2.24. The summed E-state index contributed by atoms with van der Waals surface area (Å²) in [6.45, 7) is 2.54. The van der Waals surface area contributed by atoms with Crippen LogP contribution >= 0.6 is 0 Å². The van der Waals surface area contributed by atoms with Gasteiger partial charge in [-0.1, -0.05) is 31.4 Å². The van der Waals surface area contributed by atoms with E-state index in [1.54, 1.807) is 7.11 Å². The zero-order valence-corrected chi connectivity index (χ0v) is 17.2. The average Bonchev–Trinajstić information content (AvgIpc) is 3.22. The first kappa shape index (κ1) is 20.5. The van der Waals surface area contributed by atoms with E-state index < -0.39 is 0 Å². The van der Waals surface area contributed by atoms with Crippen molar-refractivity contribution in [2.45, 2.75) is 56.9 Å². The van der Waals surface area contributed by atoms with Crippen LogP contribution in [0.1, 0.15) is 56.4 Å². The number of aliphatic imine (C=N–C) groups is 1. The molecule has 0 aromatic heterocycles. The molecule has 1 atom stereocenters. The number of hydrogen-bond donors (Lipinski definition) is 2. The van der Waals surface area contributed by atoms with Crippen LogP contribution in [-0.2, 0) is 4.79 Å². The van der Waals surface area contributed by atoms with Crippen LogP contribution in [0, 0.1) is 0 Å². The summed E-state index contributed by atoms with van der Waals surface area (Å²) < 4.78 is 5.25. The monoisotopic (exact) mass is 386 g/mol. The number of likely N-dealkylation sites (tertiary alicyclic amines) is 1. The Kier molecular flexibility index (Phi) is 7.57. The van der Waals surface area contributed by atoms with Crippen molar-refractivity contribution in [3.63, 3.8) is 0 Å². The number of carbonyl (C=O) groups is 1. The van der Waals surface area contributed by atoms with Crippen LogP contribution in [0.25, 0.3) is 0 Å². The molecule has 6 nitrogen and oxygen atoms in total. The summed E-state index contributed by atoms with van der Waals surface area (Å²) in [5.74, 6) is 2.43. The fraction of sp³-hybridized carbons (Fsp3) is 0.636. The number of carbonyl (C=O) groups excluding carboxylic acids is 1. The maximum absolute atomic E-state index is 12.2. The molecule has 0 spiro atoms. The molecule has 1 amide bonds. The Morgan fingerprint density at radius 2 is 1.93 bits per heavy atom. The van der Waals surface area contributed by atoms with Gasteiger partial charge >= 0.3 is 0 Å². The van der Waals surface area contributed by atoms with E-state index in [4.69, 9.17) is 4.74 Å². The molecule has 0 radical (unpaired) electrons. The van der Waals surface area contributed by atoms with Crippen LogP contribution < -0.4 is 15.4 Å². The first-order valence-corrected chi connectivity index (χ1v) is 10.6. The van der Waals surface area contributed by atoms with Gasteiger partial charge in [-0.05, 0) is 37.0 Å². The minimum Gasteiger partial charge on any atom is -0.497 e. The molecule has 1 saturated carbocycles. The molecule has 6 heteroatoms. The third kappa shape index (κ3) is 5.63. The van der Waals surface area contributed by atoms with E-state index in [9.17, 15) is 4.79 Å². The Labute approximate surface area is 168 Å². The van der Waals surface area contributed by atoms with E-state index in [0.717, 1.165) is 44.1 Å². The van der Waals surface area contributed by atoms with Gasteiger partial charge in [0.15, 0.2) is 5.96 Å². The van der Waals surface area contributed by atoms with Gasteiger partial charge in [0, 0.05) is 45.1 Å². The number of hydrogen-bond acceptors (Lipinski definition) is 3. The van der Waals surface area contributed by atoms with E-state index in [0.29, 0.717) is 24.9 Å². The lowest BCUT2D eigenvalue weighted by molar-refractivity contribution is -0.121. The van der Waals surface area contributed by atoms with Gasteiger partial charge in [-0.2, -0.15) is 0 Å². The summed E-state index contributed by atoms with van der Waals surface area (Å²) in [5, 5.41) is 6.54. The van der Waals surface area contributed by atoms with E-state index >= 15 is 0 Å². The lowest BCUT2D eigenvalue weighted by atomic mass is 9.95. The van der Waals surface area contributed by atoms with Gasteiger partial charge in [-0.25, -0.2) is 0 Å². The summed E-state index contributed by atoms with van der Waals surface area (Å²) in [7, 11) is 3.50. The smallest absolute Gasteiger partial charge is 0.221 e. The third-order valence-corrected chi connectivity index (χ3v) is 5.89. The van der Waals surface area contributed by atoms with Crippen molar-refractivity contribution in [3.8, 4) is 5.75 Å². The molecule has 1 heterocycles. The normalized spacial score (nSPS) is 20.9. The second-order valence-electron chi connectivity index (χ2n) is 7.83. The molecule has 1 aliphatic carbocycles. The number of nitrogens with zero attached hydrogens (tertiary/aromatic N) is 2. The highest BCUT2D eigenvalue weighted by molar-refractivity contribution is 5.81. The lowest BCUT2D eigenvalue weighted by Crippen LogP contribution is -2.42. The van der Waals surface area contributed by atoms with Crippen molar-refractivity contribution in [2.75, 3.05) is 33.8 Å². The van der Waals surface area contributed by atoms with Crippen LogP contribution in [-0.4, -0.2) is 56.6 Å². The number of benzene rings is 1. The summed E-state index contributed by atoms with van der Waals surface area (Å²) in [6.07, 6.45) is 7.63. The van der Waals surface area contributed by atoms with Gasteiger partial charge < -0.3 is 20.3 Å². The molecule has 1 aromatic carbocycles. The van der Waals surface area contributed by atoms with E-state index in [1.165, 1.54) is 24.8 Å². The van der Waals surface area contributed by atoms with Gasteiger partial charge in [0.25, 0.3) is 0 Å². The zero-order chi connectivity index (χ0) is 19.8. The zero-order valence-electron chi connectivity index (χ0n) is 17.2. The van der Waals surface area contributed by atoms with Crippen molar-refractivity contribution in [2.24, 2.45) is 4.99 Å². The van der Waals surface area contributed by atoms with Crippen molar-refractivity contribution in [3.05, 3.63) is 29.8 Å². The molecule has 0 bridgehead atoms. The van der Waals surface area contributed by atoms with Gasteiger partial charge in [0.05, 0.1) is 7.11 Å². The topological polar surface area (TPSA) is 66.0 Å². The SMILES string of the molecule is CN=C(NCCC(=O)NC1CCCCC1)N1CCC(c2ccc(OC)cc2)C1. The number of rotatable bonds is 6. The highest BCUT2D eigenvalue weighted by Gasteiger charge is 2.26. The highest BCUT2D eigenvalue weighted by Crippen LogP contribution is 2.28. The predicted molar refractivity (Wildman–Crippen MR) is 113 cm³/mol. The standard InChI is InChI=1S/C22H34N4O2/c1-23-22(24-14-12-21(27)25-19-6-4-3-5-7-19)26-15-13-18(16-26)17-8-10-20(28-2)11-9-17/h8-11,18-19H,3-7,12-16H2,1-2H3,(H,23,24)(H,25,27). The van der Waals surface area contributed by atoms with Gasteiger partial charge in [-0.15, -0.1) is 0 Å². The van der Waals surface area contributed by atoms with E-state index in [2.05, 4.69) is 32.7 Å². The molecule has 2 fully saturated rings. The summed E-state index contributed by atoms with van der Waals surface area (Å²) in [6, 6.07) is 8.73. The first-order valence-electron chi connectivity index (χ1n) is 10.6. The third-order valence-electron chi connectivity index (χ3n) is 5.89. The van der Waals surface area contributed by atoms with Gasteiger partial charge in [-0.3, -0.25) is 9.79 Å². The maximum Gasteiger partial charge on any atom is 0.221 e. The first-order chi connectivity index (χ1) is 13.7. The van der Waals surface area contributed by atoms with Crippen LogP contribution in [0.2, 0.25) is 0 Å². The van der Waals surface area contributed by atoms with Crippen molar-refractivity contribution < 1.29 is 9.53 Å². The van der Waals surface area contributed by atoms with Gasteiger partial charge in [0.2, 0.25) is 5.91 Å². The summed E-state index contributed by atoms with van der Waals surface area (Å²) in [4.78, 5) is 18.9. The summed E-state index contributed by atoms with van der Waals surface area (Å²) >= 11 is 0. The Balaban J connectivity index is 1.41. The minimum absolute atomic E-state index is 0.146. The van der Waals surface area contributed by atoms with Crippen LogP contribution in [0.15, 0.2) is 29.3 Å².